The van der Waals surface area contributed by atoms with E-state index in [0.29, 0.717) is 29.6 Å². The molecule has 3 aromatic rings. The summed E-state index contributed by atoms with van der Waals surface area (Å²) in [6, 6.07) is 18.0. The van der Waals surface area contributed by atoms with Crippen LogP contribution >= 0.6 is 23.2 Å². The van der Waals surface area contributed by atoms with Gasteiger partial charge in [-0.15, -0.1) is 0 Å². The maximum absolute atomic E-state index is 13.4. The molecule has 0 spiro atoms. The molecule has 4 rings (SSSR count). The van der Waals surface area contributed by atoms with Crippen LogP contribution in [0.3, 0.4) is 0 Å². The number of rotatable bonds is 10. The number of para-hydroxylation sites is 1. The van der Waals surface area contributed by atoms with Crippen LogP contribution in [0.5, 0.6) is 0 Å². The minimum atomic E-state index is -3.72. The monoisotopic (exact) mass is 605 g/mol. The molecule has 3 aromatic carbocycles. The third-order valence-electron chi connectivity index (χ3n) is 7.53. The van der Waals surface area contributed by atoms with Gasteiger partial charge < -0.3 is 15.5 Å². The van der Waals surface area contributed by atoms with E-state index in [4.69, 9.17) is 23.2 Å². The van der Waals surface area contributed by atoms with Crippen LogP contribution in [0.2, 0.25) is 10.0 Å². The van der Waals surface area contributed by atoms with Crippen LogP contribution < -0.4 is 10.6 Å². The Balaban J connectivity index is 1.32. The van der Waals surface area contributed by atoms with E-state index in [1.165, 1.54) is 30.3 Å². The number of sulfone groups is 1. The maximum Gasteiger partial charge on any atom is 0.253 e. The second kappa shape index (κ2) is 13.3. The SMILES string of the molecule is CN(C)C(c1ccc(F)cc1)C1CCC(CNC(=O)c2ccccc2NCS(=O)(=O)c2ccc(Cl)c(Cl)c2)CC1. The van der Waals surface area contributed by atoms with Crippen molar-refractivity contribution >= 4 is 44.6 Å². The van der Waals surface area contributed by atoms with Gasteiger partial charge in [0.25, 0.3) is 5.91 Å². The average Bonchev–Trinajstić information content (AvgIpc) is 2.94. The second-order valence-corrected chi connectivity index (χ2v) is 13.3. The number of amides is 1. The zero-order valence-electron chi connectivity index (χ0n) is 22.5. The number of carbonyl (C=O) groups excluding carboxylic acids is 1. The van der Waals surface area contributed by atoms with Gasteiger partial charge in [-0.1, -0.05) is 47.5 Å². The predicted octanol–water partition coefficient (Wildman–Crippen LogP) is 6.81. The fourth-order valence-corrected chi connectivity index (χ4v) is 6.90. The van der Waals surface area contributed by atoms with Crippen LogP contribution in [0.25, 0.3) is 0 Å². The summed E-state index contributed by atoms with van der Waals surface area (Å²) in [4.78, 5) is 15.3. The molecule has 40 heavy (non-hydrogen) atoms. The maximum atomic E-state index is 13.4. The lowest BCUT2D eigenvalue weighted by Gasteiger charge is -2.37. The van der Waals surface area contributed by atoms with Crippen molar-refractivity contribution in [3.63, 3.8) is 0 Å². The first-order valence-corrected chi connectivity index (χ1v) is 15.7. The lowest BCUT2D eigenvalue weighted by Crippen LogP contribution is -2.34. The highest BCUT2D eigenvalue weighted by Crippen LogP contribution is 2.39. The smallest absolute Gasteiger partial charge is 0.253 e. The normalized spacial score (nSPS) is 18.4. The Kier molecular flexibility index (Phi) is 10.1. The van der Waals surface area contributed by atoms with Crippen molar-refractivity contribution in [3.8, 4) is 0 Å². The van der Waals surface area contributed by atoms with Crippen LogP contribution in [0.4, 0.5) is 10.1 Å². The molecule has 1 aliphatic carbocycles. The Morgan fingerprint density at radius 3 is 2.30 bits per heavy atom. The summed E-state index contributed by atoms with van der Waals surface area (Å²) in [5.74, 6) is -0.0817. The number of hydrogen-bond acceptors (Lipinski definition) is 5. The Morgan fingerprint density at radius 2 is 1.65 bits per heavy atom. The number of hydrogen-bond donors (Lipinski definition) is 2. The highest BCUT2D eigenvalue weighted by Gasteiger charge is 2.30. The second-order valence-electron chi connectivity index (χ2n) is 10.5. The molecule has 2 N–H and O–H groups in total. The molecule has 1 unspecified atom stereocenters. The lowest BCUT2D eigenvalue weighted by molar-refractivity contribution is 0.0935. The number of halogens is 3. The quantitative estimate of drug-likeness (QED) is 0.265. The molecule has 1 amide bonds. The highest BCUT2D eigenvalue weighted by molar-refractivity contribution is 7.91. The molecule has 6 nitrogen and oxygen atoms in total. The van der Waals surface area contributed by atoms with Gasteiger partial charge in [0.1, 0.15) is 11.7 Å². The first-order chi connectivity index (χ1) is 19.0. The molecule has 214 valence electrons. The van der Waals surface area contributed by atoms with Crippen LogP contribution in [0, 0.1) is 17.7 Å². The Bertz CT molecular complexity index is 1430. The Hall–Kier alpha value is -2.65. The molecule has 1 atom stereocenters. The number of anilines is 1. The van der Waals surface area contributed by atoms with E-state index >= 15 is 0 Å². The molecular formula is C30H34Cl2FN3O3S. The van der Waals surface area contributed by atoms with Crippen LogP contribution in [-0.4, -0.2) is 45.7 Å². The molecule has 0 aromatic heterocycles. The molecule has 0 saturated heterocycles. The van der Waals surface area contributed by atoms with Crippen molar-refractivity contribution in [3.05, 3.63) is 93.7 Å². The fraction of sp³-hybridized carbons (Fsp3) is 0.367. The van der Waals surface area contributed by atoms with Crippen molar-refractivity contribution in [2.45, 2.75) is 36.6 Å². The number of carbonyl (C=O) groups is 1. The number of nitrogens with one attached hydrogen (secondary N) is 2. The van der Waals surface area contributed by atoms with Gasteiger partial charge in [-0.3, -0.25) is 4.79 Å². The van der Waals surface area contributed by atoms with Crippen molar-refractivity contribution in [2.75, 3.05) is 31.8 Å². The summed E-state index contributed by atoms with van der Waals surface area (Å²) in [6.07, 6.45) is 4.01. The summed E-state index contributed by atoms with van der Waals surface area (Å²) in [7, 11) is 0.396. The third-order valence-corrected chi connectivity index (χ3v) is 9.77. The number of benzene rings is 3. The van der Waals surface area contributed by atoms with Gasteiger partial charge in [0.2, 0.25) is 0 Å². The van der Waals surface area contributed by atoms with E-state index in [1.54, 1.807) is 24.3 Å². The summed E-state index contributed by atoms with van der Waals surface area (Å²) < 4.78 is 39.1. The topological polar surface area (TPSA) is 78.5 Å². The van der Waals surface area contributed by atoms with Gasteiger partial charge >= 0.3 is 0 Å². The molecule has 10 heteroatoms. The van der Waals surface area contributed by atoms with Gasteiger partial charge in [-0.2, -0.15) is 0 Å². The molecule has 0 radical (unpaired) electrons. The Labute approximate surface area is 245 Å². The third kappa shape index (κ3) is 7.55. The fourth-order valence-electron chi connectivity index (χ4n) is 5.45. The van der Waals surface area contributed by atoms with E-state index in [9.17, 15) is 17.6 Å². The minimum Gasteiger partial charge on any atom is -0.371 e. The molecule has 1 saturated carbocycles. The van der Waals surface area contributed by atoms with Crippen molar-refractivity contribution in [1.29, 1.82) is 0 Å². The minimum absolute atomic E-state index is 0.0443. The predicted molar refractivity (Wildman–Crippen MR) is 159 cm³/mol. The summed E-state index contributed by atoms with van der Waals surface area (Å²) in [5.41, 5.74) is 1.93. The van der Waals surface area contributed by atoms with Gasteiger partial charge in [-0.05, 0) is 99.6 Å². The molecular weight excluding hydrogens is 572 g/mol. The summed E-state index contributed by atoms with van der Waals surface area (Å²) >= 11 is 11.9. The summed E-state index contributed by atoms with van der Waals surface area (Å²) in [6.45, 7) is 0.546. The molecule has 0 heterocycles. The molecule has 1 aliphatic rings. The number of nitrogens with zero attached hydrogens (tertiary/aromatic N) is 1. The lowest BCUT2D eigenvalue weighted by atomic mass is 9.76. The first-order valence-electron chi connectivity index (χ1n) is 13.3. The zero-order valence-corrected chi connectivity index (χ0v) is 24.9. The molecule has 0 bridgehead atoms. The van der Waals surface area contributed by atoms with E-state index in [2.05, 4.69) is 29.6 Å². The van der Waals surface area contributed by atoms with Crippen molar-refractivity contribution in [1.82, 2.24) is 10.2 Å². The van der Waals surface area contributed by atoms with E-state index in [0.717, 1.165) is 31.2 Å². The zero-order chi connectivity index (χ0) is 28.9. The van der Waals surface area contributed by atoms with Crippen LogP contribution in [-0.2, 0) is 9.84 Å². The van der Waals surface area contributed by atoms with Gasteiger partial charge in [0, 0.05) is 18.3 Å². The highest BCUT2D eigenvalue weighted by atomic mass is 35.5. The summed E-state index contributed by atoms with van der Waals surface area (Å²) in [5, 5.41) is 6.37. The van der Waals surface area contributed by atoms with E-state index in [-0.39, 0.29) is 32.7 Å². The van der Waals surface area contributed by atoms with E-state index in [1.807, 2.05) is 12.1 Å². The van der Waals surface area contributed by atoms with E-state index < -0.39 is 15.7 Å². The van der Waals surface area contributed by atoms with Crippen LogP contribution in [0.1, 0.15) is 47.6 Å². The van der Waals surface area contributed by atoms with Gasteiger partial charge in [0.05, 0.1) is 20.5 Å². The van der Waals surface area contributed by atoms with Gasteiger partial charge in [-0.25, -0.2) is 12.8 Å². The standard InChI is InChI=1S/C30H34Cl2FN3O3S/c1-36(2)29(22-11-13-23(33)14-12-22)21-9-7-20(8-10-21)18-34-30(37)25-5-3-4-6-28(25)35-19-40(38,39)24-15-16-26(31)27(32)17-24/h3-6,11-17,20-21,29,35H,7-10,18-19H2,1-2H3,(H,34,37). The first kappa shape index (κ1) is 30.3. The largest absolute Gasteiger partial charge is 0.371 e. The van der Waals surface area contributed by atoms with Crippen molar-refractivity contribution < 1.29 is 17.6 Å². The van der Waals surface area contributed by atoms with Crippen LogP contribution in [0.15, 0.2) is 71.6 Å². The average molecular weight is 607 g/mol. The molecule has 0 aliphatic heterocycles. The Morgan fingerprint density at radius 1 is 0.975 bits per heavy atom. The van der Waals surface area contributed by atoms with Crippen molar-refractivity contribution in [2.24, 2.45) is 11.8 Å². The van der Waals surface area contributed by atoms with Gasteiger partial charge in [0.15, 0.2) is 9.84 Å². The molecule has 1 fully saturated rings.